The molecule has 0 aliphatic carbocycles. The molecule has 0 spiro atoms. The molecule has 1 aliphatic heterocycles. The van der Waals surface area contributed by atoms with Crippen molar-refractivity contribution in [2.75, 3.05) is 26.8 Å². The molecule has 0 bridgehead atoms. The lowest BCUT2D eigenvalue weighted by Gasteiger charge is -2.41. The largest absolute Gasteiger partial charge is 0.491 e. The molecule has 1 fully saturated rings. The monoisotopic (exact) mass is 329 g/mol. The average Bonchev–Trinajstić information content (AvgIpc) is 3.06. The zero-order chi connectivity index (χ0) is 17.0. The molecule has 6 nitrogen and oxygen atoms in total. The molecular formula is C18H23N3O3. The van der Waals surface area contributed by atoms with Crippen molar-refractivity contribution in [3.8, 4) is 5.75 Å². The van der Waals surface area contributed by atoms with E-state index in [4.69, 9.17) is 9.47 Å². The first-order valence-corrected chi connectivity index (χ1v) is 8.14. The van der Waals surface area contributed by atoms with Gasteiger partial charge in [-0.15, -0.1) is 0 Å². The number of nitrogens with zero attached hydrogens (tertiary/aromatic N) is 3. The van der Waals surface area contributed by atoms with Crippen LogP contribution >= 0.6 is 0 Å². The van der Waals surface area contributed by atoms with Gasteiger partial charge in [0.1, 0.15) is 23.7 Å². The maximum Gasteiger partial charge on any atom is 0.272 e. The highest BCUT2D eigenvalue weighted by molar-refractivity contribution is 5.92. The molecule has 128 valence electrons. The Labute approximate surface area is 142 Å². The van der Waals surface area contributed by atoms with Crippen LogP contribution in [0.5, 0.6) is 5.75 Å². The second kappa shape index (κ2) is 7.05. The van der Waals surface area contributed by atoms with Gasteiger partial charge in [-0.1, -0.05) is 18.2 Å². The molecule has 2 heterocycles. The minimum Gasteiger partial charge on any atom is -0.491 e. The Balaban J connectivity index is 1.70. The molecule has 1 atom stereocenters. The first kappa shape index (κ1) is 16.5. The summed E-state index contributed by atoms with van der Waals surface area (Å²) in [6.45, 7) is 1.66. The van der Waals surface area contributed by atoms with Crippen molar-refractivity contribution < 1.29 is 14.3 Å². The van der Waals surface area contributed by atoms with Gasteiger partial charge < -0.3 is 14.4 Å². The van der Waals surface area contributed by atoms with E-state index in [0.29, 0.717) is 18.8 Å². The highest BCUT2D eigenvalue weighted by Gasteiger charge is 2.39. The Morgan fingerprint density at radius 1 is 1.29 bits per heavy atom. The lowest BCUT2D eigenvalue weighted by atomic mass is 9.93. The summed E-state index contributed by atoms with van der Waals surface area (Å²) < 4.78 is 13.3. The van der Waals surface area contributed by atoms with Crippen molar-refractivity contribution in [1.29, 1.82) is 0 Å². The summed E-state index contributed by atoms with van der Waals surface area (Å²) in [6.07, 6.45) is 3.39. The second-order valence-corrected chi connectivity index (χ2v) is 6.16. The number of methoxy groups -OCH3 is 1. The van der Waals surface area contributed by atoms with E-state index in [1.807, 2.05) is 35.2 Å². The molecule has 1 aromatic heterocycles. The van der Waals surface area contributed by atoms with Gasteiger partial charge in [-0.25, -0.2) is 0 Å². The quantitative estimate of drug-likeness (QED) is 0.843. The van der Waals surface area contributed by atoms with E-state index in [2.05, 4.69) is 5.10 Å². The number of hydrogen-bond acceptors (Lipinski definition) is 4. The zero-order valence-corrected chi connectivity index (χ0v) is 14.1. The van der Waals surface area contributed by atoms with Crippen molar-refractivity contribution in [2.45, 2.75) is 18.4 Å². The van der Waals surface area contributed by atoms with E-state index in [1.165, 1.54) is 0 Å². The van der Waals surface area contributed by atoms with Gasteiger partial charge in [0.15, 0.2) is 0 Å². The third kappa shape index (κ3) is 3.43. The van der Waals surface area contributed by atoms with Gasteiger partial charge in [-0.2, -0.15) is 5.10 Å². The van der Waals surface area contributed by atoms with Crippen LogP contribution in [0.3, 0.4) is 0 Å². The predicted octanol–water partition coefficient (Wildman–Crippen LogP) is 2.12. The standard InChI is InChI=1S/C18H23N3O3/c1-20-16(9-11-19-20)17(22)21-12-6-10-18(13-21,23-2)14-24-15-7-4-3-5-8-15/h3-5,7-9,11H,6,10,12-14H2,1-2H3. The number of likely N-dealkylation sites (tertiary alicyclic amines) is 1. The summed E-state index contributed by atoms with van der Waals surface area (Å²) in [5.41, 5.74) is 0.105. The van der Waals surface area contributed by atoms with Gasteiger partial charge in [-0.3, -0.25) is 9.48 Å². The topological polar surface area (TPSA) is 56.6 Å². The number of hydrogen-bond donors (Lipinski definition) is 0. The molecule has 1 aromatic carbocycles. The van der Waals surface area contributed by atoms with Crippen LogP contribution in [-0.2, 0) is 11.8 Å². The fourth-order valence-corrected chi connectivity index (χ4v) is 3.09. The van der Waals surface area contributed by atoms with Gasteiger partial charge in [0, 0.05) is 26.9 Å². The highest BCUT2D eigenvalue weighted by atomic mass is 16.5. The summed E-state index contributed by atoms with van der Waals surface area (Å²) >= 11 is 0. The van der Waals surface area contributed by atoms with Crippen LogP contribution in [0, 0.1) is 0 Å². The van der Waals surface area contributed by atoms with E-state index in [0.717, 1.165) is 25.1 Å². The van der Waals surface area contributed by atoms with Gasteiger partial charge in [-0.05, 0) is 31.0 Å². The molecule has 3 rings (SSSR count). The van der Waals surface area contributed by atoms with E-state index in [-0.39, 0.29) is 5.91 Å². The Morgan fingerprint density at radius 2 is 2.08 bits per heavy atom. The van der Waals surface area contributed by atoms with Crippen molar-refractivity contribution in [3.05, 3.63) is 48.3 Å². The maximum absolute atomic E-state index is 12.7. The molecule has 0 N–H and O–H groups in total. The summed E-state index contributed by atoms with van der Waals surface area (Å²) in [5.74, 6) is 0.792. The molecule has 1 unspecified atom stereocenters. The third-order valence-electron chi connectivity index (χ3n) is 4.54. The molecule has 1 saturated heterocycles. The van der Waals surface area contributed by atoms with E-state index in [1.54, 1.807) is 31.1 Å². The van der Waals surface area contributed by atoms with Gasteiger partial charge >= 0.3 is 0 Å². The van der Waals surface area contributed by atoms with Crippen LogP contribution in [0.4, 0.5) is 0 Å². The van der Waals surface area contributed by atoms with Crippen LogP contribution in [0.1, 0.15) is 23.3 Å². The van der Waals surface area contributed by atoms with Gasteiger partial charge in [0.25, 0.3) is 5.91 Å². The Kier molecular flexibility index (Phi) is 4.85. The number of aromatic nitrogens is 2. The van der Waals surface area contributed by atoms with E-state index in [9.17, 15) is 4.79 Å². The van der Waals surface area contributed by atoms with Crippen LogP contribution < -0.4 is 4.74 Å². The van der Waals surface area contributed by atoms with E-state index < -0.39 is 5.60 Å². The lowest BCUT2D eigenvalue weighted by molar-refractivity contribution is -0.0826. The zero-order valence-electron chi connectivity index (χ0n) is 14.1. The van der Waals surface area contributed by atoms with E-state index >= 15 is 0 Å². The lowest BCUT2D eigenvalue weighted by Crippen LogP contribution is -2.54. The Hall–Kier alpha value is -2.34. The SMILES string of the molecule is COC1(COc2ccccc2)CCCN(C(=O)c2ccnn2C)C1. The molecule has 24 heavy (non-hydrogen) atoms. The minimum absolute atomic E-state index is 0.0177. The summed E-state index contributed by atoms with van der Waals surface area (Å²) in [7, 11) is 3.46. The number of carbonyl (C=O) groups is 1. The number of carbonyl (C=O) groups excluding carboxylic acids is 1. The predicted molar refractivity (Wildman–Crippen MR) is 90.0 cm³/mol. The number of para-hydroxylation sites is 1. The number of aryl methyl sites for hydroxylation is 1. The smallest absolute Gasteiger partial charge is 0.272 e. The van der Waals surface area contributed by atoms with Crippen molar-refractivity contribution in [1.82, 2.24) is 14.7 Å². The first-order valence-electron chi connectivity index (χ1n) is 8.14. The molecule has 1 amide bonds. The number of piperidine rings is 1. The summed E-state index contributed by atoms with van der Waals surface area (Å²) in [4.78, 5) is 14.6. The number of ether oxygens (including phenoxy) is 2. The molecule has 1 aliphatic rings. The van der Waals surface area contributed by atoms with Crippen LogP contribution in [-0.4, -0.2) is 53.0 Å². The Bertz CT molecular complexity index is 686. The third-order valence-corrected chi connectivity index (χ3v) is 4.54. The number of amides is 1. The second-order valence-electron chi connectivity index (χ2n) is 6.16. The van der Waals surface area contributed by atoms with Crippen molar-refractivity contribution in [3.63, 3.8) is 0 Å². The minimum atomic E-state index is -0.484. The number of rotatable bonds is 5. The number of benzene rings is 1. The summed E-state index contributed by atoms with van der Waals surface area (Å²) in [6, 6.07) is 11.4. The molecular weight excluding hydrogens is 306 g/mol. The fourth-order valence-electron chi connectivity index (χ4n) is 3.09. The van der Waals surface area contributed by atoms with Crippen molar-refractivity contribution >= 4 is 5.91 Å². The summed E-state index contributed by atoms with van der Waals surface area (Å²) in [5, 5.41) is 4.08. The van der Waals surface area contributed by atoms with Gasteiger partial charge in [0.05, 0.1) is 6.54 Å². The normalized spacial score (nSPS) is 20.8. The molecule has 2 aromatic rings. The highest BCUT2D eigenvalue weighted by Crippen LogP contribution is 2.27. The van der Waals surface area contributed by atoms with Gasteiger partial charge in [0.2, 0.25) is 0 Å². The van der Waals surface area contributed by atoms with Crippen LogP contribution in [0.15, 0.2) is 42.6 Å². The molecule has 6 heteroatoms. The van der Waals surface area contributed by atoms with Crippen LogP contribution in [0.2, 0.25) is 0 Å². The fraction of sp³-hybridized carbons (Fsp3) is 0.444. The molecule has 0 radical (unpaired) electrons. The molecule has 0 saturated carbocycles. The van der Waals surface area contributed by atoms with Crippen molar-refractivity contribution in [2.24, 2.45) is 7.05 Å². The Morgan fingerprint density at radius 3 is 2.75 bits per heavy atom. The average molecular weight is 329 g/mol. The van der Waals surface area contributed by atoms with Crippen LogP contribution in [0.25, 0.3) is 0 Å². The maximum atomic E-state index is 12.7. The first-order chi connectivity index (χ1) is 11.6.